The van der Waals surface area contributed by atoms with Crippen LogP contribution in [0.4, 0.5) is 18.0 Å². The second kappa shape index (κ2) is 7.80. The van der Waals surface area contributed by atoms with E-state index < -0.39 is 30.7 Å². The first-order valence-electron chi connectivity index (χ1n) is 8.70. The van der Waals surface area contributed by atoms with Gasteiger partial charge >= 0.3 is 12.2 Å². The van der Waals surface area contributed by atoms with Crippen molar-refractivity contribution in [2.24, 2.45) is 5.92 Å². The fraction of sp³-hybridized carbons (Fsp3) is 0.875. The number of rotatable bonds is 2. The van der Waals surface area contributed by atoms with Gasteiger partial charge in [0.2, 0.25) is 5.91 Å². The second-order valence-corrected chi connectivity index (χ2v) is 7.03. The summed E-state index contributed by atoms with van der Waals surface area (Å²) in [5, 5.41) is 12.5. The van der Waals surface area contributed by atoms with Crippen LogP contribution in [0.15, 0.2) is 0 Å². The van der Waals surface area contributed by atoms with E-state index in [0.717, 1.165) is 19.4 Å². The normalized spacial score (nSPS) is 28.4. The third-order valence-electron chi connectivity index (χ3n) is 5.13. The number of nitrogens with one attached hydrogen (secondary N) is 1. The molecule has 2 fully saturated rings. The molecule has 2 aliphatic rings. The van der Waals surface area contributed by atoms with Crippen LogP contribution in [0, 0.1) is 5.92 Å². The molecule has 2 rings (SSSR count). The average Bonchev–Trinajstić information content (AvgIpc) is 2.75. The van der Waals surface area contributed by atoms with E-state index in [1.165, 1.54) is 11.8 Å². The van der Waals surface area contributed by atoms with Crippen LogP contribution in [-0.4, -0.2) is 71.3 Å². The van der Waals surface area contributed by atoms with Crippen LogP contribution in [0.25, 0.3) is 0 Å². The van der Waals surface area contributed by atoms with Crippen LogP contribution in [0.2, 0.25) is 0 Å². The van der Waals surface area contributed by atoms with Gasteiger partial charge in [-0.3, -0.25) is 4.79 Å². The first-order chi connectivity index (χ1) is 11.6. The number of likely N-dealkylation sites (tertiary alicyclic amines) is 2. The average molecular weight is 365 g/mol. The fourth-order valence-electron chi connectivity index (χ4n) is 3.47. The highest BCUT2D eigenvalue weighted by Gasteiger charge is 2.53. The van der Waals surface area contributed by atoms with Gasteiger partial charge in [-0.1, -0.05) is 0 Å². The number of aliphatic hydroxyl groups is 1. The van der Waals surface area contributed by atoms with Crippen molar-refractivity contribution in [2.45, 2.75) is 50.8 Å². The summed E-state index contributed by atoms with van der Waals surface area (Å²) in [4.78, 5) is 26.7. The van der Waals surface area contributed by atoms with Gasteiger partial charge < -0.3 is 20.2 Å². The molecule has 3 amide bonds. The van der Waals surface area contributed by atoms with E-state index in [9.17, 15) is 27.9 Å². The highest BCUT2D eigenvalue weighted by atomic mass is 19.4. The Hall–Kier alpha value is -1.51. The van der Waals surface area contributed by atoms with Crippen molar-refractivity contribution in [3.8, 4) is 0 Å². The summed E-state index contributed by atoms with van der Waals surface area (Å²) < 4.78 is 38.8. The van der Waals surface area contributed by atoms with Gasteiger partial charge in [-0.05, 0) is 31.6 Å². The van der Waals surface area contributed by atoms with Crippen LogP contribution >= 0.6 is 0 Å². The second-order valence-electron chi connectivity index (χ2n) is 7.03. The summed E-state index contributed by atoms with van der Waals surface area (Å²) in [6.45, 7) is 3.27. The van der Waals surface area contributed by atoms with Crippen molar-refractivity contribution in [3.05, 3.63) is 0 Å². The standard InChI is InChI=1S/C16H26F3N3O3/c1-12(23)22-7-2-4-13(11-22)10-20-14(24)21-8-3-5-15(25,6-9-21)16(17,18)19/h13,25H,2-11H2,1H3,(H,20,24). The number of amides is 3. The lowest BCUT2D eigenvalue weighted by Crippen LogP contribution is -2.48. The summed E-state index contributed by atoms with van der Waals surface area (Å²) in [7, 11) is 0. The minimum absolute atomic E-state index is 0.00924. The Balaban J connectivity index is 1.82. The lowest BCUT2D eigenvalue weighted by atomic mass is 9.94. The Kier molecular flexibility index (Phi) is 6.18. The van der Waals surface area contributed by atoms with E-state index in [4.69, 9.17) is 0 Å². The molecule has 2 heterocycles. The van der Waals surface area contributed by atoms with E-state index in [0.29, 0.717) is 13.1 Å². The molecule has 2 unspecified atom stereocenters. The summed E-state index contributed by atoms with van der Waals surface area (Å²) in [6, 6.07) is -0.411. The summed E-state index contributed by atoms with van der Waals surface area (Å²) in [5.41, 5.74) is -2.71. The Labute approximate surface area is 145 Å². The van der Waals surface area contributed by atoms with Gasteiger partial charge in [0.15, 0.2) is 5.60 Å². The third kappa shape index (κ3) is 4.99. The van der Waals surface area contributed by atoms with Gasteiger partial charge in [-0.15, -0.1) is 0 Å². The summed E-state index contributed by atoms with van der Waals surface area (Å²) in [5.74, 6) is 0.163. The molecular weight excluding hydrogens is 339 g/mol. The molecule has 0 aromatic rings. The van der Waals surface area contributed by atoms with Crippen molar-refractivity contribution in [1.29, 1.82) is 0 Å². The number of piperidine rings is 1. The Morgan fingerprint density at radius 2 is 1.84 bits per heavy atom. The molecule has 0 radical (unpaired) electrons. The van der Waals surface area contributed by atoms with E-state index in [-0.39, 0.29) is 31.3 Å². The summed E-state index contributed by atoms with van der Waals surface area (Å²) in [6.07, 6.45) is -3.70. The molecule has 2 aliphatic heterocycles. The molecule has 0 saturated carbocycles. The lowest BCUT2D eigenvalue weighted by molar-refractivity contribution is -0.263. The van der Waals surface area contributed by atoms with Crippen molar-refractivity contribution in [3.63, 3.8) is 0 Å². The van der Waals surface area contributed by atoms with Crippen LogP contribution < -0.4 is 5.32 Å². The Bertz CT molecular complexity index is 501. The van der Waals surface area contributed by atoms with Crippen molar-refractivity contribution < 1.29 is 27.9 Å². The molecule has 9 heteroatoms. The number of hydrogen-bond donors (Lipinski definition) is 2. The zero-order chi connectivity index (χ0) is 18.7. The van der Waals surface area contributed by atoms with Crippen molar-refractivity contribution >= 4 is 11.9 Å². The van der Waals surface area contributed by atoms with E-state index in [1.807, 2.05) is 0 Å². The monoisotopic (exact) mass is 365 g/mol. The number of nitrogens with zero attached hydrogens (tertiary/aromatic N) is 2. The van der Waals surface area contributed by atoms with E-state index >= 15 is 0 Å². The topological polar surface area (TPSA) is 72.9 Å². The molecule has 2 N–H and O–H groups in total. The number of hydrogen-bond acceptors (Lipinski definition) is 3. The maximum atomic E-state index is 12.9. The first kappa shape index (κ1) is 19.8. The maximum absolute atomic E-state index is 12.9. The molecule has 0 aromatic carbocycles. The number of carbonyl (C=O) groups is 2. The zero-order valence-electron chi connectivity index (χ0n) is 14.4. The van der Waals surface area contributed by atoms with Gasteiger partial charge in [0.25, 0.3) is 0 Å². The predicted molar refractivity (Wildman–Crippen MR) is 84.8 cm³/mol. The Morgan fingerprint density at radius 1 is 1.16 bits per heavy atom. The van der Waals surface area contributed by atoms with Gasteiger partial charge in [-0.25, -0.2) is 4.79 Å². The molecule has 25 heavy (non-hydrogen) atoms. The molecule has 0 aliphatic carbocycles. The van der Waals surface area contributed by atoms with E-state index in [1.54, 1.807) is 4.90 Å². The predicted octanol–water partition coefficient (Wildman–Crippen LogP) is 1.73. The first-order valence-corrected chi connectivity index (χ1v) is 8.70. The number of halogens is 3. The smallest absolute Gasteiger partial charge is 0.380 e. The van der Waals surface area contributed by atoms with Crippen molar-refractivity contribution in [2.75, 3.05) is 32.7 Å². The third-order valence-corrected chi connectivity index (χ3v) is 5.13. The molecule has 2 saturated heterocycles. The molecule has 0 bridgehead atoms. The molecular formula is C16H26F3N3O3. The molecule has 144 valence electrons. The SMILES string of the molecule is CC(=O)N1CCCC(CNC(=O)N2CCCC(O)(C(F)(F)F)CC2)C1. The van der Waals surface area contributed by atoms with E-state index in [2.05, 4.69) is 5.32 Å². The van der Waals surface area contributed by atoms with Gasteiger partial charge in [-0.2, -0.15) is 13.2 Å². The molecule has 2 atom stereocenters. The highest BCUT2D eigenvalue weighted by Crippen LogP contribution is 2.38. The number of alkyl halides is 3. The Morgan fingerprint density at radius 3 is 2.48 bits per heavy atom. The van der Waals surface area contributed by atoms with Gasteiger partial charge in [0, 0.05) is 46.1 Å². The molecule has 0 spiro atoms. The van der Waals surface area contributed by atoms with Gasteiger partial charge in [0.1, 0.15) is 0 Å². The van der Waals surface area contributed by atoms with Crippen LogP contribution in [0.5, 0.6) is 0 Å². The van der Waals surface area contributed by atoms with Crippen LogP contribution in [0.1, 0.15) is 39.0 Å². The quantitative estimate of drug-likeness (QED) is 0.783. The molecule has 6 nitrogen and oxygen atoms in total. The molecule has 0 aromatic heterocycles. The highest BCUT2D eigenvalue weighted by molar-refractivity contribution is 5.74. The maximum Gasteiger partial charge on any atom is 0.417 e. The largest absolute Gasteiger partial charge is 0.417 e. The fourth-order valence-corrected chi connectivity index (χ4v) is 3.47. The van der Waals surface area contributed by atoms with Gasteiger partial charge in [0.05, 0.1) is 0 Å². The minimum Gasteiger partial charge on any atom is -0.380 e. The van der Waals surface area contributed by atoms with Crippen molar-refractivity contribution in [1.82, 2.24) is 15.1 Å². The van der Waals surface area contributed by atoms with Crippen LogP contribution in [0.3, 0.4) is 0 Å². The minimum atomic E-state index is -4.68. The summed E-state index contributed by atoms with van der Waals surface area (Å²) >= 11 is 0. The lowest BCUT2D eigenvalue weighted by Gasteiger charge is -2.32. The zero-order valence-corrected chi connectivity index (χ0v) is 14.4. The van der Waals surface area contributed by atoms with Crippen LogP contribution in [-0.2, 0) is 4.79 Å². The number of carbonyl (C=O) groups excluding carboxylic acids is 2. The number of urea groups is 1.